The molecule has 46 heavy (non-hydrogen) atoms. The van der Waals surface area contributed by atoms with E-state index in [1.165, 1.54) is 30.1 Å². The number of fused-ring (bicyclic) bond motifs is 1. The van der Waals surface area contributed by atoms with Gasteiger partial charge in [-0.15, -0.1) is 0 Å². The minimum absolute atomic E-state index is 0.250. The molecule has 0 bridgehead atoms. The molecule has 1 aliphatic heterocycles. The SMILES string of the molecule is CCOC(=O)COc1ccc(/C=c2\sc3n(c2=O)[C@@H](c2ccc(OC)cc2OC)C(C(=O)Nc2ccccc2)=C(C)N=3)cc1OC. The van der Waals surface area contributed by atoms with Gasteiger partial charge in [-0.1, -0.05) is 35.6 Å². The van der Waals surface area contributed by atoms with Crippen LogP contribution in [-0.2, 0) is 14.3 Å². The number of hydrogen-bond acceptors (Lipinski definition) is 10. The molecule has 2 heterocycles. The second-order valence-electron chi connectivity index (χ2n) is 10.0. The molecule has 4 aromatic rings. The molecule has 1 aliphatic rings. The number of nitrogens with one attached hydrogen (secondary N) is 1. The van der Waals surface area contributed by atoms with E-state index in [1.807, 2.05) is 18.2 Å². The first-order chi connectivity index (χ1) is 22.3. The Labute approximate surface area is 269 Å². The summed E-state index contributed by atoms with van der Waals surface area (Å²) in [5.41, 5.74) is 2.28. The summed E-state index contributed by atoms with van der Waals surface area (Å²) in [5.74, 6) is 0.847. The highest BCUT2D eigenvalue weighted by Crippen LogP contribution is 2.37. The third-order valence-corrected chi connectivity index (χ3v) is 8.15. The zero-order valence-electron chi connectivity index (χ0n) is 26.0. The second-order valence-corrected chi connectivity index (χ2v) is 11.0. The Balaban J connectivity index is 1.61. The van der Waals surface area contributed by atoms with Gasteiger partial charge in [-0.25, -0.2) is 9.79 Å². The quantitative estimate of drug-likeness (QED) is 0.245. The van der Waals surface area contributed by atoms with Crippen LogP contribution in [0.1, 0.15) is 31.0 Å². The van der Waals surface area contributed by atoms with Crippen LogP contribution in [-0.4, -0.2) is 51.0 Å². The van der Waals surface area contributed by atoms with Gasteiger partial charge in [-0.2, -0.15) is 0 Å². The van der Waals surface area contributed by atoms with Crippen LogP contribution in [0.4, 0.5) is 5.69 Å². The van der Waals surface area contributed by atoms with Crippen LogP contribution in [0.5, 0.6) is 23.0 Å². The molecule has 1 atom stereocenters. The fourth-order valence-electron chi connectivity index (χ4n) is 5.05. The highest BCUT2D eigenvalue weighted by Gasteiger charge is 2.34. The number of anilines is 1. The Kier molecular flexibility index (Phi) is 9.87. The van der Waals surface area contributed by atoms with E-state index < -0.39 is 17.9 Å². The Morgan fingerprint density at radius 3 is 2.41 bits per heavy atom. The van der Waals surface area contributed by atoms with E-state index >= 15 is 0 Å². The molecule has 1 aromatic heterocycles. The van der Waals surface area contributed by atoms with E-state index in [1.54, 1.807) is 75.6 Å². The molecular formula is C34H33N3O8S. The van der Waals surface area contributed by atoms with Crippen molar-refractivity contribution in [2.45, 2.75) is 19.9 Å². The number of methoxy groups -OCH3 is 3. The van der Waals surface area contributed by atoms with E-state index in [9.17, 15) is 14.4 Å². The van der Waals surface area contributed by atoms with Crippen LogP contribution in [0.25, 0.3) is 6.08 Å². The average Bonchev–Trinajstić information content (AvgIpc) is 3.37. The highest BCUT2D eigenvalue weighted by molar-refractivity contribution is 7.07. The number of rotatable bonds is 11. The molecule has 11 nitrogen and oxygen atoms in total. The van der Waals surface area contributed by atoms with Crippen molar-refractivity contribution in [2.75, 3.05) is 39.9 Å². The maximum Gasteiger partial charge on any atom is 0.344 e. The van der Waals surface area contributed by atoms with Crippen molar-refractivity contribution < 1.29 is 33.3 Å². The van der Waals surface area contributed by atoms with Crippen LogP contribution >= 0.6 is 11.3 Å². The zero-order valence-corrected chi connectivity index (χ0v) is 26.8. The number of benzene rings is 3. The number of hydrogen-bond donors (Lipinski definition) is 1. The van der Waals surface area contributed by atoms with Gasteiger partial charge in [0.2, 0.25) is 0 Å². The fourth-order valence-corrected chi connectivity index (χ4v) is 6.10. The van der Waals surface area contributed by atoms with Crippen LogP contribution < -0.4 is 39.2 Å². The number of carbonyl (C=O) groups is 2. The van der Waals surface area contributed by atoms with Gasteiger partial charge in [-0.3, -0.25) is 14.2 Å². The molecule has 5 rings (SSSR count). The average molecular weight is 644 g/mol. The van der Waals surface area contributed by atoms with Gasteiger partial charge in [0.25, 0.3) is 11.5 Å². The predicted molar refractivity (Wildman–Crippen MR) is 174 cm³/mol. The van der Waals surface area contributed by atoms with Crippen molar-refractivity contribution in [3.8, 4) is 23.0 Å². The van der Waals surface area contributed by atoms with Crippen molar-refractivity contribution in [1.29, 1.82) is 0 Å². The molecule has 0 fully saturated rings. The van der Waals surface area contributed by atoms with Gasteiger partial charge in [0.1, 0.15) is 17.5 Å². The molecule has 0 saturated heterocycles. The zero-order chi connectivity index (χ0) is 32.8. The molecule has 0 saturated carbocycles. The summed E-state index contributed by atoms with van der Waals surface area (Å²) in [6.07, 6.45) is 1.72. The number of allylic oxidation sites excluding steroid dienone is 1. The summed E-state index contributed by atoms with van der Waals surface area (Å²) in [7, 11) is 4.56. The number of carbonyl (C=O) groups excluding carboxylic acids is 2. The smallest absolute Gasteiger partial charge is 0.344 e. The van der Waals surface area contributed by atoms with E-state index in [-0.39, 0.29) is 18.8 Å². The van der Waals surface area contributed by atoms with E-state index in [2.05, 4.69) is 5.32 Å². The largest absolute Gasteiger partial charge is 0.497 e. The fraction of sp³-hybridized carbons (Fsp3) is 0.235. The van der Waals surface area contributed by atoms with Crippen LogP contribution in [0.3, 0.4) is 0 Å². The summed E-state index contributed by atoms with van der Waals surface area (Å²) in [6.45, 7) is 3.45. The topological polar surface area (TPSA) is 127 Å². The molecule has 238 valence electrons. The number of amides is 1. The maximum atomic E-state index is 14.2. The van der Waals surface area contributed by atoms with Crippen LogP contribution in [0.2, 0.25) is 0 Å². The van der Waals surface area contributed by atoms with Crippen molar-refractivity contribution in [3.63, 3.8) is 0 Å². The lowest BCUT2D eigenvalue weighted by Crippen LogP contribution is -2.40. The molecule has 0 unspecified atom stereocenters. The number of aromatic nitrogens is 1. The van der Waals surface area contributed by atoms with Gasteiger partial charge in [0, 0.05) is 17.3 Å². The number of esters is 1. The maximum absolute atomic E-state index is 14.2. The predicted octanol–water partition coefficient (Wildman–Crippen LogP) is 3.84. The van der Waals surface area contributed by atoms with Gasteiger partial charge in [0.15, 0.2) is 22.9 Å². The normalized spacial score (nSPS) is 14.2. The monoisotopic (exact) mass is 643 g/mol. The van der Waals surface area contributed by atoms with Gasteiger partial charge < -0.3 is 29.0 Å². The first-order valence-electron chi connectivity index (χ1n) is 14.3. The number of ether oxygens (including phenoxy) is 5. The molecule has 0 spiro atoms. The van der Waals surface area contributed by atoms with Crippen LogP contribution in [0, 0.1) is 0 Å². The van der Waals surface area contributed by atoms with E-state index in [0.29, 0.717) is 60.4 Å². The van der Waals surface area contributed by atoms with Crippen molar-refractivity contribution in [1.82, 2.24) is 4.57 Å². The van der Waals surface area contributed by atoms with E-state index in [4.69, 9.17) is 28.7 Å². The van der Waals surface area contributed by atoms with Crippen molar-refractivity contribution in [3.05, 3.63) is 109 Å². The second kappa shape index (κ2) is 14.2. The Bertz CT molecular complexity index is 1980. The summed E-state index contributed by atoms with van der Waals surface area (Å²) in [4.78, 5) is 44.9. The minimum atomic E-state index is -0.851. The Hall–Kier alpha value is -5.36. The van der Waals surface area contributed by atoms with E-state index in [0.717, 1.165) is 0 Å². The van der Waals surface area contributed by atoms with Crippen molar-refractivity contribution in [2.24, 2.45) is 4.99 Å². The minimum Gasteiger partial charge on any atom is -0.497 e. The molecule has 0 radical (unpaired) electrons. The Morgan fingerprint density at radius 1 is 0.957 bits per heavy atom. The molecule has 3 aromatic carbocycles. The molecule has 12 heteroatoms. The van der Waals surface area contributed by atoms with Crippen LogP contribution in [0.15, 0.2) is 87.8 Å². The Morgan fingerprint density at radius 2 is 1.72 bits per heavy atom. The molecule has 0 aliphatic carbocycles. The van der Waals surface area contributed by atoms with Gasteiger partial charge in [0.05, 0.1) is 43.7 Å². The molecular weight excluding hydrogens is 610 g/mol. The summed E-state index contributed by atoms with van der Waals surface area (Å²) in [5, 5.41) is 2.94. The van der Waals surface area contributed by atoms with Gasteiger partial charge in [-0.05, 0) is 61.9 Å². The standard InChI is InChI=1S/C34H33N3O8S/c1-6-44-29(38)19-45-25-15-12-21(16-27(25)43-5)17-28-33(40)37-31(24-14-13-23(41-3)18-26(24)42-4)30(20(2)35-34(37)46-28)32(39)36-22-10-8-7-9-11-22/h7-18,31H,6,19H2,1-5H3,(H,36,39)/b28-17-/t31-/m0/s1. The third-order valence-electron chi connectivity index (χ3n) is 7.17. The van der Waals surface area contributed by atoms with Crippen molar-refractivity contribution >= 4 is 35.0 Å². The summed E-state index contributed by atoms with van der Waals surface area (Å²) < 4.78 is 29.0. The number of nitrogens with zero attached hydrogens (tertiary/aromatic N) is 2. The first-order valence-corrected chi connectivity index (χ1v) is 15.2. The number of thiazole rings is 1. The lowest BCUT2D eigenvalue weighted by molar-refractivity contribution is -0.145. The number of para-hydroxylation sites is 1. The summed E-state index contributed by atoms with van der Waals surface area (Å²) in [6, 6.07) is 18.6. The third kappa shape index (κ3) is 6.66. The first kappa shape index (κ1) is 32.0. The lowest BCUT2D eigenvalue weighted by Gasteiger charge is -2.26. The van der Waals surface area contributed by atoms with Gasteiger partial charge >= 0.3 is 5.97 Å². The molecule has 1 amide bonds. The lowest BCUT2D eigenvalue weighted by atomic mass is 9.94. The molecule has 1 N–H and O–H groups in total. The highest BCUT2D eigenvalue weighted by atomic mass is 32.1. The summed E-state index contributed by atoms with van der Waals surface area (Å²) >= 11 is 1.20.